The summed E-state index contributed by atoms with van der Waals surface area (Å²) in [5, 5.41) is 15.0. The average Bonchev–Trinajstić information content (AvgIpc) is 3.48. The topological polar surface area (TPSA) is 91.2 Å². The van der Waals surface area contributed by atoms with Crippen LogP contribution in [-0.2, 0) is 11.2 Å². The zero-order valence-electron chi connectivity index (χ0n) is 16.5. The Morgan fingerprint density at radius 2 is 1.90 bits per heavy atom. The molecule has 0 spiro atoms. The number of methoxy groups -OCH3 is 2. The summed E-state index contributed by atoms with van der Waals surface area (Å²) in [4.78, 5) is 12.5. The summed E-state index contributed by atoms with van der Waals surface area (Å²) in [6.07, 6.45) is 3.13. The Kier molecular flexibility index (Phi) is 5.41. The molecule has 0 bridgehead atoms. The van der Waals surface area contributed by atoms with Gasteiger partial charge in [0.25, 0.3) is 0 Å². The number of nitrogens with one attached hydrogen (secondary N) is 1. The molecule has 0 unspecified atom stereocenters. The molecule has 4 rings (SSSR count). The van der Waals surface area contributed by atoms with Gasteiger partial charge in [0.1, 0.15) is 11.5 Å². The Hall–Kier alpha value is -3.42. The number of amides is 1. The number of carbonyl (C=O) groups is 1. The van der Waals surface area contributed by atoms with Gasteiger partial charge in [-0.1, -0.05) is 12.1 Å². The number of hydrogen-bond acceptors (Lipinski definition) is 6. The van der Waals surface area contributed by atoms with Crippen molar-refractivity contribution in [2.24, 2.45) is 0 Å². The van der Waals surface area contributed by atoms with Gasteiger partial charge in [-0.3, -0.25) is 4.79 Å². The highest BCUT2D eigenvalue weighted by Crippen LogP contribution is 2.36. The predicted octanol–water partition coefficient (Wildman–Crippen LogP) is 3.26. The van der Waals surface area contributed by atoms with Crippen molar-refractivity contribution < 1.29 is 14.3 Å². The van der Waals surface area contributed by atoms with Crippen molar-refractivity contribution in [1.29, 1.82) is 0 Å². The van der Waals surface area contributed by atoms with Crippen molar-refractivity contribution in [3.05, 3.63) is 48.0 Å². The van der Waals surface area contributed by atoms with E-state index in [0.717, 1.165) is 35.5 Å². The summed E-state index contributed by atoms with van der Waals surface area (Å²) < 4.78 is 12.4. The molecule has 8 nitrogen and oxygen atoms in total. The zero-order chi connectivity index (χ0) is 20.2. The maximum absolute atomic E-state index is 12.5. The lowest BCUT2D eigenvalue weighted by Crippen LogP contribution is -2.12. The molecule has 0 saturated heterocycles. The van der Waals surface area contributed by atoms with Crippen LogP contribution in [0.25, 0.3) is 11.4 Å². The average molecular weight is 393 g/mol. The van der Waals surface area contributed by atoms with Gasteiger partial charge < -0.3 is 14.8 Å². The monoisotopic (exact) mass is 393 g/mol. The molecule has 1 aliphatic rings. The van der Waals surface area contributed by atoms with Crippen LogP contribution in [0.15, 0.2) is 42.5 Å². The molecule has 1 fully saturated rings. The summed E-state index contributed by atoms with van der Waals surface area (Å²) in [5.41, 5.74) is 2.59. The number of benzene rings is 2. The highest BCUT2D eigenvalue weighted by molar-refractivity contribution is 5.91. The fourth-order valence-electron chi connectivity index (χ4n) is 3.18. The molecule has 1 saturated carbocycles. The Labute approximate surface area is 168 Å². The van der Waals surface area contributed by atoms with Gasteiger partial charge in [0.15, 0.2) is 5.82 Å². The number of rotatable bonds is 8. The molecule has 8 heteroatoms. The summed E-state index contributed by atoms with van der Waals surface area (Å²) >= 11 is 0. The third kappa shape index (κ3) is 4.53. The molecular weight excluding hydrogens is 370 g/mol. The van der Waals surface area contributed by atoms with E-state index in [9.17, 15) is 4.79 Å². The van der Waals surface area contributed by atoms with E-state index in [2.05, 4.69) is 20.8 Å². The molecule has 0 radical (unpaired) electrons. The second-order valence-corrected chi connectivity index (χ2v) is 7.03. The normalized spacial score (nSPS) is 13.2. The lowest BCUT2D eigenvalue weighted by atomic mass is 10.1. The van der Waals surface area contributed by atoms with Crippen LogP contribution in [-0.4, -0.2) is 40.3 Å². The largest absolute Gasteiger partial charge is 0.497 e. The summed E-state index contributed by atoms with van der Waals surface area (Å²) in [6.45, 7) is 0. The van der Waals surface area contributed by atoms with Gasteiger partial charge in [0.05, 0.1) is 20.3 Å². The maximum atomic E-state index is 12.5. The molecule has 0 atom stereocenters. The van der Waals surface area contributed by atoms with Gasteiger partial charge in [-0.05, 0) is 59.5 Å². The van der Waals surface area contributed by atoms with E-state index in [1.807, 2.05) is 47.1 Å². The number of carbonyl (C=O) groups excluding carboxylic acids is 1. The fourth-order valence-corrected chi connectivity index (χ4v) is 3.18. The minimum absolute atomic E-state index is 0.0641. The lowest BCUT2D eigenvalue weighted by molar-refractivity contribution is -0.116. The van der Waals surface area contributed by atoms with Gasteiger partial charge in [-0.25, -0.2) is 4.68 Å². The van der Waals surface area contributed by atoms with Crippen LogP contribution in [0.1, 0.15) is 30.9 Å². The van der Waals surface area contributed by atoms with E-state index in [0.29, 0.717) is 30.4 Å². The van der Waals surface area contributed by atoms with E-state index < -0.39 is 0 Å². The molecule has 150 valence electrons. The van der Waals surface area contributed by atoms with Crippen LogP contribution in [0.2, 0.25) is 0 Å². The third-order valence-electron chi connectivity index (χ3n) is 4.84. The van der Waals surface area contributed by atoms with Crippen molar-refractivity contribution >= 4 is 11.6 Å². The van der Waals surface area contributed by atoms with E-state index in [4.69, 9.17) is 9.47 Å². The molecular formula is C21H23N5O3. The first kappa shape index (κ1) is 18.9. The molecule has 0 aliphatic heterocycles. The van der Waals surface area contributed by atoms with Crippen molar-refractivity contribution in [3.8, 4) is 22.9 Å². The van der Waals surface area contributed by atoms with Crippen LogP contribution in [0.5, 0.6) is 11.5 Å². The minimum atomic E-state index is -0.0641. The van der Waals surface area contributed by atoms with Gasteiger partial charge in [0.2, 0.25) is 5.91 Å². The summed E-state index contributed by atoms with van der Waals surface area (Å²) in [5.74, 6) is 2.08. The number of hydrogen-bond donors (Lipinski definition) is 1. The number of anilines is 1. The van der Waals surface area contributed by atoms with Gasteiger partial charge in [-0.15, -0.1) is 5.10 Å². The van der Waals surface area contributed by atoms with Gasteiger partial charge in [-0.2, -0.15) is 0 Å². The standard InChI is InChI=1S/C21H23N5O3/c1-28-18-10-14(11-19(13-18)29-2)6-9-20(27)22-16-5-3-4-15(12-16)21-23-24-25-26(21)17-7-8-17/h3-5,10-13,17H,6-9H2,1-2H3,(H,22,27). The fraction of sp³-hybridized carbons (Fsp3) is 0.333. The highest BCUT2D eigenvalue weighted by Gasteiger charge is 2.28. The number of ether oxygens (including phenoxy) is 2. The first-order chi connectivity index (χ1) is 14.2. The number of aryl methyl sites for hydroxylation is 1. The van der Waals surface area contributed by atoms with Crippen LogP contribution < -0.4 is 14.8 Å². The van der Waals surface area contributed by atoms with Crippen LogP contribution in [0.4, 0.5) is 5.69 Å². The first-order valence-electron chi connectivity index (χ1n) is 9.56. The van der Waals surface area contributed by atoms with E-state index in [-0.39, 0.29) is 5.91 Å². The Bertz CT molecular complexity index is 991. The summed E-state index contributed by atoms with van der Waals surface area (Å²) in [6, 6.07) is 13.6. The van der Waals surface area contributed by atoms with Crippen molar-refractivity contribution in [1.82, 2.24) is 20.2 Å². The molecule has 1 aliphatic carbocycles. The van der Waals surface area contributed by atoms with E-state index in [1.165, 1.54) is 0 Å². The Morgan fingerprint density at radius 3 is 2.59 bits per heavy atom. The highest BCUT2D eigenvalue weighted by atomic mass is 16.5. The second-order valence-electron chi connectivity index (χ2n) is 7.03. The van der Waals surface area contributed by atoms with Crippen molar-refractivity contribution in [2.75, 3.05) is 19.5 Å². The zero-order valence-corrected chi connectivity index (χ0v) is 16.5. The van der Waals surface area contributed by atoms with E-state index in [1.54, 1.807) is 14.2 Å². The maximum Gasteiger partial charge on any atom is 0.224 e. The molecule has 1 N–H and O–H groups in total. The predicted molar refractivity (Wildman–Crippen MR) is 108 cm³/mol. The van der Waals surface area contributed by atoms with Gasteiger partial charge >= 0.3 is 0 Å². The van der Waals surface area contributed by atoms with E-state index >= 15 is 0 Å². The number of aromatic nitrogens is 4. The molecule has 3 aromatic rings. The second kappa shape index (κ2) is 8.30. The Morgan fingerprint density at radius 1 is 1.14 bits per heavy atom. The first-order valence-corrected chi connectivity index (χ1v) is 9.56. The van der Waals surface area contributed by atoms with Crippen molar-refractivity contribution in [3.63, 3.8) is 0 Å². The molecule has 1 heterocycles. The van der Waals surface area contributed by atoms with Crippen LogP contribution >= 0.6 is 0 Å². The minimum Gasteiger partial charge on any atom is -0.497 e. The van der Waals surface area contributed by atoms with Crippen LogP contribution in [0, 0.1) is 0 Å². The molecule has 1 aromatic heterocycles. The van der Waals surface area contributed by atoms with Crippen LogP contribution in [0.3, 0.4) is 0 Å². The quantitative estimate of drug-likeness (QED) is 0.632. The molecule has 29 heavy (non-hydrogen) atoms. The molecule has 2 aromatic carbocycles. The summed E-state index contributed by atoms with van der Waals surface area (Å²) in [7, 11) is 3.22. The third-order valence-corrected chi connectivity index (χ3v) is 4.84. The lowest BCUT2D eigenvalue weighted by Gasteiger charge is -2.10. The Balaban J connectivity index is 1.41. The molecule has 1 amide bonds. The van der Waals surface area contributed by atoms with Crippen molar-refractivity contribution in [2.45, 2.75) is 31.7 Å². The number of nitrogens with zero attached hydrogens (tertiary/aromatic N) is 4. The smallest absolute Gasteiger partial charge is 0.224 e. The number of tetrazole rings is 1. The SMILES string of the molecule is COc1cc(CCC(=O)Nc2cccc(-c3nnnn3C3CC3)c2)cc(OC)c1. The van der Waals surface area contributed by atoms with Gasteiger partial charge in [0, 0.05) is 23.7 Å².